The van der Waals surface area contributed by atoms with E-state index in [-0.39, 0.29) is 30.4 Å². The molecule has 56 heavy (non-hydrogen) atoms. The van der Waals surface area contributed by atoms with Gasteiger partial charge in [0.2, 0.25) is 0 Å². The summed E-state index contributed by atoms with van der Waals surface area (Å²) in [6, 6.07) is 29.0. The van der Waals surface area contributed by atoms with Crippen LogP contribution in [0.5, 0.6) is 11.5 Å². The largest absolute Gasteiger partial charge is 0.493 e. The molecule has 5 fully saturated rings. The molecule has 9 heteroatoms. The number of aliphatic hydroxyl groups excluding tert-OH is 1. The molecule has 2 heterocycles. The molecule has 0 aromatic heterocycles. The number of benzene rings is 4. The second-order valence-corrected chi connectivity index (χ2v) is 17.1. The van der Waals surface area contributed by atoms with Gasteiger partial charge in [0.15, 0.2) is 17.8 Å². The SMILES string of the molecule is COc1cc2c(cc1OC)CN(C[C@H]1C[C@@H](c3ccc(CO)cc3)O[C@@H](c3ccc(-c4ccccc4CNC(=O)NC45CC6CC(CC(C6)C4)C5)cc3)O1)CC2. The summed E-state index contributed by atoms with van der Waals surface area (Å²) in [4.78, 5) is 15.8. The summed E-state index contributed by atoms with van der Waals surface area (Å²) in [6.45, 7) is 2.98. The summed E-state index contributed by atoms with van der Waals surface area (Å²) < 4.78 is 24.7. The Morgan fingerprint density at radius 2 is 1.48 bits per heavy atom. The van der Waals surface area contributed by atoms with E-state index in [1.165, 1.54) is 30.4 Å². The van der Waals surface area contributed by atoms with Gasteiger partial charge in [-0.1, -0.05) is 72.8 Å². The van der Waals surface area contributed by atoms with Gasteiger partial charge in [-0.15, -0.1) is 0 Å². The molecule has 294 valence electrons. The van der Waals surface area contributed by atoms with Crippen molar-refractivity contribution in [1.29, 1.82) is 0 Å². The number of carbonyl (C=O) groups is 1. The topological polar surface area (TPSA) is 102 Å². The lowest BCUT2D eigenvalue weighted by atomic mass is 9.53. The third kappa shape index (κ3) is 7.79. The van der Waals surface area contributed by atoms with Gasteiger partial charge in [-0.25, -0.2) is 4.79 Å². The molecule has 9 nitrogen and oxygen atoms in total. The van der Waals surface area contributed by atoms with Crippen molar-refractivity contribution in [2.75, 3.05) is 27.3 Å². The second-order valence-electron chi connectivity index (χ2n) is 17.1. The third-order valence-electron chi connectivity index (χ3n) is 13.2. The molecule has 0 spiro atoms. The Labute approximate surface area is 330 Å². The number of aliphatic hydroxyl groups is 1. The van der Waals surface area contributed by atoms with Crippen LogP contribution in [-0.4, -0.2) is 55.0 Å². The van der Waals surface area contributed by atoms with Gasteiger partial charge in [0.05, 0.1) is 33.0 Å². The number of fused-ring (bicyclic) bond motifs is 1. The highest BCUT2D eigenvalue weighted by Gasteiger charge is 2.51. The molecule has 1 saturated heterocycles. The van der Waals surface area contributed by atoms with Crippen LogP contribution in [0.1, 0.15) is 90.7 Å². The summed E-state index contributed by atoms with van der Waals surface area (Å²) in [7, 11) is 3.36. The predicted molar refractivity (Wildman–Crippen MR) is 215 cm³/mol. The fourth-order valence-electron chi connectivity index (χ4n) is 10.9. The lowest BCUT2D eigenvalue weighted by molar-refractivity contribution is -0.253. The van der Waals surface area contributed by atoms with E-state index in [2.05, 4.69) is 82.3 Å². The normalized spacial score (nSPS) is 28.1. The first-order valence-corrected chi connectivity index (χ1v) is 20.6. The van der Waals surface area contributed by atoms with E-state index >= 15 is 0 Å². The number of hydrogen-bond donors (Lipinski definition) is 3. The first-order valence-electron chi connectivity index (χ1n) is 20.6. The van der Waals surface area contributed by atoms with Crippen LogP contribution < -0.4 is 20.1 Å². The Hall–Kier alpha value is -4.41. The molecule has 4 saturated carbocycles. The number of rotatable bonds is 11. The minimum atomic E-state index is -0.544. The quantitative estimate of drug-likeness (QED) is 0.142. The highest BCUT2D eigenvalue weighted by Crippen LogP contribution is 2.55. The van der Waals surface area contributed by atoms with Gasteiger partial charge in [0.25, 0.3) is 0 Å². The highest BCUT2D eigenvalue weighted by atomic mass is 16.7. The highest BCUT2D eigenvalue weighted by molar-refractivity contribution is 5.76. The molecule has 3 atom stereocenters. The first kappa shape index (κ1) is 37.2. The van der Waals surface area contributed by atoms with Crippen LogP contribution in [0.25, 0.3) is 11.1 Å². The first-order chi connectivity index (χ1) is 27.4. The molecule has 0 radical (unpaired) electrons. The molecular formula is C47H55N3O6. The van der Waals surface area contributed by atoms with Crippen LogP contribution in [0, 0.1) is 17.8 Å². The maximum absolute atomic E-state index is 13.3. The number of hydrogen-bond acceptors (Lipinski definition) is 7. The van der Waals surface area contributed by atoms with Gasteiger partial charge >= 0.3 is 6.03 Å². The van der Waals surface area contributed by atoms with Gasteiger partial charge in [0, 0.05) is 43.7 Å². The Kier molecular flexibility index (Phi) is 10.5. The van der Waals surface area contributed by atoms with Gasteiger partial charge < -0.3 is 34.7 Å². The smallest absolute Gasteiger partial charge is 0.315 e. The molecular weight excluding hydrogens is 703 g/mol. The van der Waals surface area contributed by atoms with E-state index in [1.54, 1.807) is 14.2 Å². The fourth-order valence-corrected chi connectivity index (χ4v) is 10.9. The van der Waals surface area contributed by atoms with E-state index in [0.29, 0.717) is 6.54 Å². The van der Waals surface area contributed by atoms with Crippen LogP contribution >= 0.6 is 0 Å². The Morgan fingerprint density at radius 3 is 2.16 bits per heavy atom. The number of methoxy groups -OCH3 is 2. The monoisotopic (exact) mass is 757 g/mol. The Bertz CT molecular complexity index is 1980. The second kappa shape index (κ2) is 15.9. The summed E-state index contributed by atoms with van der Waals surface area (Å²) in [5.74, 6) is 3.88. The maximum Gasteiger partial charge on any atom is 0.315 e. The molecule has 3 N–H and O–H groups in total. The van der Waals surface area contributed by atoms with Crippen molar-refractivity contribution in [3.05, 3.63) is 118 Å². The number of urea groups is 1. The van der Waals surface area contributed by atoms with Crippen molar-refractivity contribution in [3.8, 4) is 22.6 Å². The number of carbonyl (C=O) groups excluding carboxylic acids is 1. The number of nitrogens with one attached hydrogen (secondary N) is 2. The molecule has 4 bridgehead atoms. The van der Waals surface area contributed by atoms with E-state index in [9.17, 15) is 9.90 Å². The summed E-state index contributed by atoms with van der Waals surface area (Å²) in [6.07, 6.45) is 8.37. The maximum atomic E-state index is 13.3. The summed E-state index contributed by atoms with van der Waals surface area (Å²) >= 11 is 0. The molecule has 4 aromatic rings. The summed E-state index contributed by atoms with van der Waals surface area (Å²) in [5.41, 5.74) is 8.70. The molecule has 2 aliphatic heterocycles. The molecule has 6 aliphatic rings. The van der Waals surface area contributed by atoms with Gasteiger partial charge in [-0.3, -0.25) is 4.90 Å². The summed E-state index contributed by atoms with van der Waals surface area (Å²) in [5, 5.41) is 16.3. The molecule has 0 unspecified atom stereocenters. The fraction of sp³-hybridized carbons (Fsp3) is 0.468. The molecule has 2 amide bonds. The lowest BCUT2D eigenvalue weighted by Gasteiger charge is -2.56. The van der Waals surface area contributed by atoms with E-state index in [4.69, 9.17) is 18.9 Å². The third-order valence-corrected chi connectivity index (χ3v) is 13.2. The van der Waals surface area contributed by atoms with Crippen LogP contribution in [-0.2, 0) is 35.6 Å². The van der Waals surface area contributed by atoms with Gasteiger partial charge in [-0.05, 0) is 114 Å². The van der Waals surface area contributed by atoms with Crippen LogP contribution in [0.4, 0.5) is 4.79 Å². The number of nitrogens with zero attached hydrogens (tertiary/aromatic N) is 1. The number of ether oxygens (including phenoxy) is 4. The predicted octanol–water partition coefficient (Wildman–Crippen LogP) is 8.23. The number of amides is 2. The van der Waals surface area contributed by atoms with Crippen molar-refractivity contribution in [2.24, 2.45) is 17.8 Å². The average Bonchev–Trinajstić information content (AvgIpc) is 3.22. The minimum absolute atomic E-state index is 0.00777. The average molecular weight is 758 g/mol. The molecule has 4 aliphatic carbocycles. The zero-order chi connectivity index (χ0) is 38.2. The van der Waals surface area contributed by atoms with Crippen molar-refractivity contribution in [3.63, 3.8) is 0 Å². The van der Waals surface area contributed by atoms with Gasteiger partial charge in [-0.2, -0.15) is 0 Å². The van der Waals surface area contributed by atoms with Gasteiger partial charge in [0.1, 0.15) is 0 Å². The zero-order valence-electron chi connectivity index (χ0n) is 32.7. The Balaban J connectivity index is 0.889. The van der Waals surface area contributed by atoms with Crippen molar-refractivity contribution >= 4 is 6.03 Å². The lowest BCUT2D eigenvalue weighted by Crippen LogP contribution is -2.61. The van der Waals surface area contributed by atoms with Crippen molar-refractivity contribution in [2.45, 2.75) is 95.1 Å². The van der Waals surface area contributed by atoms with E-state index < -0.39 is 6.29 Å². The minimum Gasteiger partial charge on any atom is -0.493 e. The molecule has 10 rings (SSSR count). The Morgan fingerprint density at radius 1 is 0.821 bits per heavy atom. The van der Waals surface area contributed by atoms with Crippen LogP contribution in [0.3, 0.4) is 0 Å². The standard InChI is InChI=1S/C47H55N3O6/c1-53-43-20-37-15-16-50(27-39(37)21-44(43)54-2)28-40-22-42(35-9-7-30(29-51)8-10-35)56-45(55-40)36-13-11-34(12-14-36)41-6-4-3-5-38(41)26-48-46(52)49-47-23-31-17-32(24-47)19-33(18-31)25-47/h3-14,20-21,31-33,40,42,45,51H,15-19,22-29H2,1-2H3,(H2,48,49,52)/t31?,32?,33?,40-,42+,45+,47?/m1/s1. The van der Waals surface area contributed by atoms with E-state index in [1.807, 2.05) is 18.2 Å². The van der Waals surface area contributed by atoms with Crippen LogP contribution in [0.15, 0.2) is 84.9 Å². The van der Waals surface area contributed by atoms with E-state index in [0.717, 1.165) is 114 Å². The van der Waals surface area contributed by atoms with Crippen LogP contribution in [0.2, 0.25) is 0 Å². The van der Waals surface area contributed by atoms with Crippen molar-refractivity contribution < 1.29 is 28.8 Å². The molecule has 4 aromatic carbocycles. The zero-order valence-corrected chi connectivity index (χ0v) is 32.7. The van der Waals surface area contributed by atoms with Crippen molar-refractivity contribution in [1.82, 2.24) is 15.5 Å².